The molecule has 0 aromatic heterocycles. The molecule has 0 aliphatic heterocycles. The quantitative estimate of drug-likeness (QED) is 0.557. The molecule has 2 saturated carbocycles. The molecule has 12 heavy (non-hydrogen) atoms. The molecule has 0 heteroatoms. The third-order valence-electron chi connectivity index (χ3n) is 4.76. The first-order valence-corrected chi connectivity index (χ1v) is 5.53. The Bertz CT molecular complexity index is 178. The second-order valence-corrected chi connectivity index (χ2v) is 5.85. The molecule has 3 atom stereocenters. The molecule has 0 heterocycles. The van der Waals surface area contributed by atoms with Gasteiger partial charge in [0.25, 0.3) is 0 Å². The van der Waals surface area contributed by atoms with Crippen molar-refractivity contribution < 1.29 is 0 Å². The summed E-state index contributed by atoms with van der Waals surface area (Å²) < 4.78 is 0. The van der Waals surface area contributed by atoms with Crippen molar-refractivity contribution >= 4 is 0 Å². The SMILES string of the molecule is CC(C)[C@@H]1C[C@@H]2CC[C@H]1C2(C)C. The standard InChI is InChI=1S/C12H22/c1-8(2)10-7-9-5-6-11(10)12(9,3)4/h8-11H,5-7H2,1-4H3/t9-,10-,11+/m0/s1. The van der Waals surface area contributed by atoms with Gasteiger partial charge in [-0.1, -0.05) is 27.7 Å². The van der Waals surface area contributed by atoms with E-state index < -0.39 is 0 Å². The number of hydrogen-bond donors (Lipinski definition) is 0. The van der Waals surface area contributed by atoms with Crippen molar-refractivity contribution in [3.8, 4) is 0 Å². The lowest BCUT2D eigenvalue weighted by atomic mass is 9.77. The molecule has 0 unspecified atom stereocenters. The minimum Gasteiger partial charge on any atom is -0.0625 e. The van der Waals surface area contributed by atoms with Crippen LogP contribution in [-0.4, -0.2) is 0 Å². The fraction of sp³-hybridized carbons (Fsp3) is 1.00. The monoisotopic (exact) mass is 166 g/mol. The van der Waals surface area contributed by atoms with Gasteiger partial charge in [0.2, 0.25) is 0 Å². The maximum absolute atomic E-state index is 2.50. The van der Waals surface area contributed by atoms with Crippen LogP contribution in [0, 0.1) is 29.1 Å². The fourth-order valence-electron chi connectivity index (χ4n) is 3.84. The van der Waals surface area contributed by atoms with Crippen LogP contribution >= 0.6 is 0 Å². The van der Waals surface area contributed by atoms with Crippen LogP contribution in [0.15, 0.2) is 0 Å². The van der Waals surface area contributed by atoms with Crippen molar-refractivity contribution in [1.29, 1.82) is 0 Å². The van der Waals surface area contributed by atoms with Crippen molar-refractivity contribution in [1.82, 2.24) is 0 Å². The van der Waals surface area contributed by atoms with Crippen LogP contribution < -0.4 is 0 Å². The smallest absolute Gasteiger partial charge is 0.0295 e. The highest BCUT2D eigenvalue weighted by Gasteiger charge is 2.53. The average molecular weight is 166 g/mol. The van der Waals surface area contributed by atoms with Gasteiger partial charge in [0.1, 0.15) is 0 Å². The number of rotatable bonds is 1. The normalized spacial score (nSPS) is 44.2. The lowest BCUT2D eigenvalue weighted by Gasteiger charge is -2.28. The Kier molecular flexibility index (Phi) is 1.79. The van der Waals surface area contributed by atoms with Gasteiger partial charge in [-0.2, -0.15) is 0 Å². The Morgan fingerprint density at radius 3 is 2.08 bits per heavy atom. The van der Waals surface area contributed by atoms with Crippen molar-refractivity contribution in [3.05, 3.63) is 0 Å². The molecule has 0 saturated heterocycles. The van der Waals surface area contributed by atoms with E-state index in [-0.39, 0.29) is 0 Å². The highest BCUT2D eigenvalue weighted by atomic mass is 14.6. The molecule has 2 aliphatic rings. The van der Waals surface area contributed by atoms with Crippen LogP contribution in [-0.2, 0) is 0 Å². The minimum atomic E-state index is 0.676. The molecule has 0 N–H and O–H groups in total. The summed E-state index contributed by atoms with van der Waals surface area (Å²) in [5.74, 6) is 4.05. The summed E-state index contributed by atoms with van der Waals surface area (Å²) in [5, 5.41) is 0. The largest absolute Gasteiger partial charge is 0.0625 e. The fourth-order valence-corrected chi connectivity index (χ4v) is 3.84. The topological polar surface area (TPSA) is 0 Å². The Hall–Kier alpha value is 0. The molecule has 0 aromatic rings. The van der Waals surface area contributed by atoms with Crippen molar-refractivity contribution in [2.75, 3.05) is 0 Å². The van der Waals surface area contributed by atoms with Crippen LogP contribution in [0.2, 0.25) is 0 Å². The van der Waals surface area contributed by atoms with Crippen LogP contribution in [0.5, 0.6) is 0 Å². The van der Waals surface area contributed by atoms with Crippen molar-refractivity contribution in [2.24, 2.45) is 29.1 Å². The highest BCUT2D eigenvalue weighted by Crippen LogP contribution is 2.61. The predicted molar refractivity (Wildman–Crippen MR) is 52.9 cm³/mol. The van der Waals surface area contributed by atoms with Gasteiger partial charge in [-0.3, -0.25) is 0 Å². The summed E-state index contributed by atoms with van der Waals surface area (Å²) in [6, 6.07) is 0. The lowest BCUT2D eigenvalue weighted by Crippen LogP contribution is -2.22. The van der Waals surface area contributed by atoms with E-state index in [4.69, 9.17) is 0 Å². The van der Waals surface area contributed by atoms with E-state index >= 15 is 0 Å². The lowest BCUT2D eigenvalue weighted by molar-refractivity contribution is 0.202. The summed E-state index contributed by atoms with van der Waals surface area (Å²) in [4.78, 5) is 0. The van der Waals surface area contributed by atoms with Crippen LogP contribution in [0.4, 0.5) is 0 Å². The number of hydrogen-bond acceptors (Lipinski definition) is 0. The summed E-state index contributed by atoms with van der Waals surface area (Å²) in [7, 11) is 0. The molecule has 0 nitrogen and oxygen atoms in total. The maximum atomic E-state index is 2.50. The van der Waals surface area contributed by atoms with E-state index in [9.17, 15) is 0 Å². The summed E-state index contributed by atoms with van der Waals surface area (Å²) in [6.45, 7) is 9.80. The van der Waals surface area contributed by atoms with Gasteiger partial charge >= 0.3 is 0 Å². The molecule has 0 amide bonds. The van der Waals surface area contributed by atoms with Crippen LogP contribution in [0.3, 0.4) is 0 Å². The zero-order valence-electron chi connectivity index (χ0n) is 8.93. The highest BCUT2D eigenvalue weighted by molar-refractivity contribution is 5.02. The average Bonchev–Trinajstić information content (AvgIpc) is 2.40. The predicted octanol–water partition coefficient (Wildman–Crippen LogP) is 3.71. The zero-order chi connectivity index (χ0) is 8.93. The van der Waals surface area contributed by atoms with Crippen molar-refractivity contribution in [2.45, 2.75) is 47.0 Å². The zero-order valence-corrected chi connectivity index (χ0v) is 8.93. The van der Waals surface area contributed by atoms with Gasteiger partial charge in [0.15, 0.2) is 0 Å². The second-order valence-electron chi connectivity index (χ2n) is 5.85. The van der Waals surface area contributed by atoms with Crippen LogP contribution in [0.25, 0.3) is 0 Å². The maximum Gasteiger partial charge on any atom is -0.0295 e. The molecule has 2 fully saturated rings. The van der Waals surface area contributed by atoms with Gasteiger partial charge in [-0.25, -0.2) is 0 Å². The molecular formula is C12H22. The summed E-state index contributed by atoms with van der Waals surface area (Å²) in [5.41, 5.74) is 0.676. The first-order valence-electron chi connectivity index (χ1n) is 5.53. The summed E-state index contributed by atoms with van der Waals surface area (Å²) in [6.07, 6.45) is 4.55. The van der Waals surface area contributed by atoms with Gasteiger partial charge in [0.05, 0.1) is 0 Å². The Balaban J connectivity index is 2.18. The molecule has 70 valence electrons. The third-order valence-corrected chi connectivity index (χ3v) is 4.76. The molecule has 2 bridgehead atoms. The van der Waals surface area contributed by atoms with E-state index in [0.717, 1.165) is 23.7 Å². The molecule has 0 radical (unpaired) electrons. The third kappa shape index (κ3) is 0.963. The van der Waals surface area contributed by atoms with Crippen LogP contribution in [0.1, 0.15) is 47.0 Å². The first kappa shape index (κ1) is 8.59. The molecule has 2 aliphatic carbocycles. The van der Waals surface area contributed by atoms with Gasteiger partial charge in [0, 0.05) is 0 Å². The van der Waals surface area contributed by atoms with E-state index in [0.29, 0.717) is 5.41 Å². The van der Waals surface area contributed by atoms with Gasteiger partial charge in [-0.15, -0.1) is 0 Å². The first-order chi connectivity index (χ1) is 5.53. The molecule has 0 spiro atoms. The van der Waals surface area contributed by atoms with Gasteiger partial charge in [-0.05, 0) is 48.3 Å². The van der Waals surface area contributed by atoms with E-state index in [1.807, 2.05) is 0 Å². The van der Waals surface area contributed by atoms with E-state index in [2.05, 4.69) is 27.7 Å². The molecule has 2 rings (SSSR count). The summed E-state index contributed by atoms with van der Waals surface area (Å²) >= 11 is 0. The molecule has 0 aromatic carbocycles. The van der Waals surface area contributed by atoms with E-state index in [1.165, 1.54) is 19.3 Å². The molecular weight excluding hydrogens is 144 g/mol. The minimum absolute atomic E-state index is 0.676. The second kappa shape index (κ2) is 2.49. The van der Waals surface area contributed by atoms with E-state index in [1.54, 1.807) is 0 Å². The Morgan fingerprint density at radius 2 is 1.83 bits per heavy atom. The van der Waals surface area contributed by atoms with Crippen molar-refractivity contribution in [3.63, 3.8) is 0 Å². The number of fused-ring (bicyclic) bond motifs is 2. The Labute approximate surface area is 76.7 Å². The Morgan fingerprint density at radius 1 is 1.17 bits per heavy atom. The van der Waals surface area contributed by atoms with Gasteiger partial charge < -0.3 is 0 Å².